The zero-order chi connectivity index (χ0) is 30.8. The minimum Gasteiger partial charge on any atom is -0.427 e. The maximum atomic E-state index is 13.3. The standard InChI is InChI=1S/C32H34BN3O6S/c1-22(37)40-27-17-13-25(14-18-27)29-20-34-30(28(35-29)19-23-9-7-6-8-10-23)36-43(38,39)21-24-11-15-26(16-12-24)33-41-31(2,3)32(4,5)42-33/h6-18,20H,19,21H2,1-5H3,(H,34,36). The van der Waals surface area contributed by atoms with Gasteiger partial charge in [0.05, 0.1) is 34.5 Å². The number of rotatable bonds is 9. The number of ether oxygens (including phenoxy) is 1. The fourth-order valence-electron chi connectivity index (χ4n) is 4.58. The van der Waals surface area contributed by atoms with Crippen LogP contribution in [0.5, 0.6) is 5.75 Å². The molecule has 222 valence electrons. The topological polar surface area (TPSA) is 117 Å². The third kappa shape index (κ3) is 7.30. The minimum atomic E-state index is -3.83. The smallest absolute Gasteiger partial charge is 0.427 e. The van der Waals surface area contributed by atoms with E-state index in [1.807, 2.05) is 70.2 Å². The second-order valence-corrected chi connectivity index (χ2v) is 13.2. The van der Waals surface area contributed by atoms with Crippen LogP contribution in [-0.4, -0.2) is 42.7 Å². The molecule has 9 nitrogen and oxygen atoms in total. The Labute approximate surface area is 252 Å². The molecule has 0 spiro atoms. The Morgan fingerprint density at radius 1 is 0.884 bits per heavy atom. The SMILES string of the molecule is CC(=O)Oc1ccc(-c2cnc(NS(=O)(=O)Cc3ccc(B4OC(C)(C)C(C)(C)O4)cc3)c(Cc3ccccc3)n2)cc1. The third-order valence-corrected chi connectivity index (χ3v) is 8.80. The molecule has 11 heteroatoms. The first-order valence-corrected chi connectivity index (χ1v) is 15.6. The Kier molecular flexibility index (Phi) is 8.42. The van der Waals surface area contributed by atoms with Crippen LogP contribution in [0.3, 0.4) is 0 Å². The molecule has 0 radical (unpaired) electrons. The van der Waals surface area contributed by atoms with Crippen molar-refractivity contribution in [1.29, 1.82) is 0 Å². The van der Waals surface area contributed by atoms with Gasteiger partial charge in [0.15, 0.2) is 5.82 Å². The average Bonchev–Trinajstić information content (AvgIpc) is 3.16. The average molecular weight is 600 g/mol. The Balaban J connectivity index is 1.35. The van der Waals surface area contributed by atoms with Gasteiger partial charge in [-0.25, -0.2) is 18.4 Å². The molecule has 0 aliphatic carbocycles. The molecule has 0 atom stereocenters. The van der Waals surface area contributed by atoms with Crippen molar-refractivity contribution in [3.05, 3.63) is 102 Å². The molecule has 2 heterocycles. The highest BCUT2D eigenvalue weighted by molar-refractivity contribution is 7.91. The van der Waals surface area contributed by atoms with Crippen molar-refractivity contribution in [1.82, 2.24) is 9.97 Å². The molecule has 1 fully saturated rings. The van der Waals surface area contributed by atoms with E-state index in [-0.39, 0.29) is 11.6 Å². The maximum absolute atomic E-state index is 13.3. The van der Waals surface area contributed by atoms with Crippen LogP contribution in [0.1, 0.15) is 51.4 Å². The van der Waals surface area contributed by atoms with E-state index in [0.29, 0.717) is 29.1 Å². The lowest BCUT2D eigenvalue weighted by Gasteiger charge is -2.32. The van der Waals surface area contributed by atoms with Crippen molar-refractivity contribution in [2.75, 3.05) is 4.72 Å². The molecule has 0 unspecified atom stereocenters. The number of carbonyl (C=O) groups excluding carboxylic acids is 1. The summed E-state index contributed by atoms with van der Waals surface area (Å²) in [6.07, 6.45) is 1.89. The van der Waals surface area contributed by atoms with Crippen LogP contribution in [0.4, 0.5) is 5.82 Å². The molecule has 1 saturated heterocycles. The van der Waals surface area contributed by atoms with Gasteiger partial charge in [0.25, 0.3) is 0 Å². The van der Waals surface area contributed by atoms with Gasteiger partial charge in [-0.15, -0.1) is 0 Å². The van der Waals surface area contributed by atoms with E-state index in [9.17, 15) is 13.2 Å². The molecule has 4 aromatic rings. The first kappa shape index (κ1) is 30.4. The van der Waals surface area contributed by atoms with Gasteiger partial charge in [0.1, 0.15) is 5.75 Å². The highest BCUT2D eigenvalue weighted by Gasteiger charge is 2.51. The summed E-state index contributed by atoms with van der Waals surface area (Å²) in [5.74, 6) is -0.0714. The number of carbonyl (C=O) groups is 1. The molecule has 1 aromatic heterocycles. The van der Waals surface area contributed by atoms with Gasteiger partial charge >= 0.3 is 13.1 Å². The Bertz CT molecular complexity index is 1690. The number of nitrogens with zero attached hydrogens (tertiary/aromatic N) is 2. The van der Waals surface area contributed by atoms with Gasteiger partial charge in [0.2, 0.25) is 10.0 Å². The van der Waals surface area contributed by atoms with Crippen molar-refractivity contribution in [3.63, 3.8) is 0 Å². The number of benzene rings is 3. The molecule has 1 aliphatic rings. The Morgan fingerprint density at radius 3 is 2.12 bits per heavy atom. The fourth-order valence-corrected chi connectivity index (χ4v) is 5.75. The first-order chi connectivity index (χ1) is 20.3. The molecule has 5 rings (SSSR count). The summed E-state index contributed by atoms with van der Waals surface area (Å²) in [5.41, 5.74) is 3.23. The zero-order valence-corrected chi connectivity index (χ0v) is 25.6. The second-order valence-electron chi connectivity index (χ2n) is 11.5. The van der Waals surface area contributed by atoms with Crippen molar-refractivity contribution in [3.8, 4) is 17.0 Å². The molecule has 43 heavy (non-hydrogen) atoms. The van der Waals surface area contributed by atoms with Gasteiger partial charge < -0.3 is 14.0 Å². The second kappa shape index (κ2) is 11.9. The zero-order valence-electron chi connectivity index (χ0n) is 24.8. The summed E-state index contributed by atoms with van der Waals surface area (Å²) >= 11 is 0. The van der Waals surface area contributed by atoms with Crippen LogP contribution < -0.4 is 14.9 Å². The van der Waals surface area contributed by atoms with E-state index in [4.69, 9.17) is 19.0 Å². The summed E-state index contributed by atoms with van der Waals surface area (Å²) in [6, 6.07) is 23.7. The lowest BCUT2D eigenvalue weighted by atomic mass is 9.79. The lowest BCUT2D eigenvalue weighted by molar-refractivity contribution is -0.131. The largest absolute Gasteiger partial charge is 0.494 e. The number of hydrogen-bond donors (Lipinski definition) is 1. The van der Waals surface area contributed by atoms with Crippen LogP contribution in [0.2, 0.25) is 0 Å². The van der Waals surface area contributed by atoms with E-state index in [2.05, 4.69) is 9.71 Å². The predicted octanol–water partition coefficient (Wildman–Crippen LogP) is 4.90. The van der Waals surface area contributed by atoms with Gasteiger partial charge in [0, 0.05) is 18.9 Å². The monoisotopic (exact) mass is 599 g/mol. The predicted molar refractivity (Wildman–Crippen MR) is 166 cm³/mol. The van der Waals surface area contributed by atoms with Crippen molar-refractivity contribution in [2.24, 2.45) is 0 Å². The van der Waals surface area contributed by atoms with E-state index < -0.39 is 34.3 Å². The van der Waals surface area contributed by atoms with Crippen LogP contribution in [0, 0.1) is 0 Å². The van der Waals surface area contributed by atoms with Gasteiger partial charge in [-0.05, 0) is 68.6 Å². The summed E-state index contributed by atoms with van der Waals surface area (Å²) in [6.45, 7) is 9.29. The number of sulfonamides is 1. The summed E-state index contributed by atoms with van der Waals surface area (Å²) in [5, 5.41) is 0. The summed E-state index contributed by atoms with van der Waals surface area (Å²) in [4.78, 5) is 20.5. The van der Waals surface area contributed by atoms with Crippen LogP contribution in [0.15, 0.2) is 85.1 Å². The number of hydrogen-bond acceptors (Lipinski definition) is 8. The molecular formula is C32H34BN3O6S. The molecule has 3 aromatic carbocycles. The molecular weight excluding hydrogens is 565 g/mol. The fraction of sp³-hybridized carbons (Fsp3) is 0.281. The summed E-state index contributed by atoms with van der Waals surface area (Å²) < 4.78 is 46.6. The number of aromatic nitrogens is 2. The Morgan fingerprint density at radius 2 is 1.51 bits per heavy atom. The van der Waals surface area contributed by atoms with E-state index >= 15 is 0 Å². The van der Waals surface area contributed by atoms with Crippen molar-refractivity contribution < 1.29 is 27.3 Å². The normalized spacial score (nSPS) is 15.7. The number of esters is 1. The summed E-state index contributed by atoms with van der Waals surface area (Å²) in [7, 11) is -4.36. The Hall–Kier alpha value is -4.06. The van der Waals surface area contributed by atoms with Gasteiger partial charge in [-0.3, -0.25) is 9.52 Å². The van der Waals surface area contributed by atoms with Crippen LogP contribution in [-0.2, 0) is 36.3 Å². The number of anilines is 1. The number of nitrogens with one attached hydrogen (secondary N) is 1. The van der Waals surface area contributed by atoms with Gasteiger partial charge in [-0.1, -0.05) is 54.6 Å². The molecule has 0 bridgehead atoms. The van der Waals surface area contributed by atoms with Gasteiger partial charge in [-0.2, -0.15) is 0 Å². The van der Waals surface area contributed by atoms with E-state index in [1.165, 1.54) is 13.1 Å². The van der Waals surface area contributed by atoms with Crippen molar-refractivity contribution in [2.45, 2.75) is 58.0 Å². The molecule has 0 amide bonds. The van der Waals surface area contributed by atoms with Crippen molar-refractivity contribution >= 4 is 34.4 Å². The van der Waals surface area contributed by atoms with E-state index in [0.717, 1.165) is 16.6 Å². The highest BCUT2D eigenvalue weighted by atomic mass is 32.2. The lowest BCUT2D eigenvalue weighted by Crippen LogP contribution is -2.41. The van der Waals surface area contributed by atoms with E-state index in [1.54, 1.807) is 36.4 Å². The minimum absolute atomic E-state index is 0.165. The third-order valence-electron chi connectivity index (χ3n) is 7.58. The molecule has 1 N–H and O–H groups in total. The molecule has 1 aliphatic heterocycles. The van der Waals surface area contributed by atoms with Crippen LogP contribution >= 0.6 is 0 Å². The maximum Gasteiger partial charge on any atom is 0.494 e. The quantitative estimate of drug-likeness (QED) is 0.164. The first-order valence-electron chi connectivity index (χ1n) is 13.9. The highest BCUT2D eigenvalue weighted by Crippen LogP contribution is 2.36. The molecule has 0 saturated carbocycles. The van der Waals surface area contributed by atoms with Crippen LogP contribution in [0.25, 0.3) is 11.3 Å².